The van der Waals surface area contributed by atoms with Gasteiger partial charge < -0.3 is 10.3 Å². The van der Waals surface area contributed by atoms with Gasteiger partial charge in [0.15, 0.2) is 0 Å². The van der Waals surface area contributed by atoms with E-state index in [9.17, 15) is 4.79 Å². The average molecular weight is 258 g/mol. The lowest BCUT2D eigenvalue weighted by Crippen LogP contribution is -2.21. The first-order chi connectivity index (χ1) is 8.56. The Labute approximate surface area is 111 Å². The van der Waals surface area contributed by atoms with E-state index >= 15 is 0 Å². The molecule has 0 aliphatic carbocycles. The van der Waals surface area contributed by atoms with Crippen molar-refractivity contribution in [2.75, 3.05) is 5.32 Å². The molecule has 92 valence electrons. The summed E-state index contributed by atoms with van der Waals surface area (Å²) in [7, 11) is 0. The van der Waals surface area contributed by atoms with Crippen molar-refractivity contribution in [1.82, 2.24) is 4.98 Å². The second-order valence-corrected chi connectivity index (χ2v) is 4.65. The van der Waals surface area contributed by atoms with Crippen molar-refractivity contribution in [2.24, 2.45) is 0 Å². The molecule has 2 rings (SSSR count). The summed E-state index contributed by atoms with van der Waals surface area (Å²) in [6.45, 7) is 4.05. The van der Waals surface area contributed by atoms with Gasteiger partial charge in [-0.05, 0) is 49.2 Å². The molecule has 1 heterocycles. The highest BCUT2D eigenvalue weighted by atomic mass is 32.1. The summed E-state index contributed by atoms with van der Waals surface area (Å²) in [6, 6.07) is 9.54. The number of aryl methyl sites for hydroxylation is 2. The maximum absolute atomic E-state index is 11.6. The molecule has 1 aromatic carbocycles. The smallest absolute Gasteiger partial charge is 0.258 e. The van der Waals surface area contributed by atoms with E-state index in [1.54, 1.807) is 18.3 Å². The van der Waals surface area contributed by atoms with E-state index in [0.717, 1.165) is 16.8 Å². The van der Waals surface area contributed by atoms with Crippen LogP contribution in [0.1, 0.15) is 16.7 Å². The van der Waals surface area contributed by atoms with E-state index < -0.39 is 0 Å². The van der Waals surface area contributed by atoms with Gasteiger partial charge in [0.2, 0.25) is 0 Å². The molecule has 4 heteroatoms. The van der Waals surface area contributed by atoms with Crippen molar-refractivity contribution < 1.29 is 0 Å². The summed E-state index contributed by atoms with van der Waals surface area (Å²) in [6.07, 6.45) is 1.59. The molecule has 0 atom stereocenters. The van der Waals surface area contributed by atoms with Crippen molar-refractivity contribution in [1.29, 1.82) is 0 Å². The third-order valence-corrected chi connectivity index (χ3v) is 2.86. The Morgan fingerprint density at radius 2 is 1.89 bits per heavy atom. The van der Waals surface area contributed by atoms with Gasteiger partial charge in [-0.3, -0.25) is 4.79 Å². The minimum absolute atomic E-state index is 0.181. The zero-order valence-electron chi connectivity index (χ0n) is 10.3. The number of hydrogen-bond donors (Lipinski definition) is 2. The predicted octanol–water partition coefficient (Wildman–Crippen LogP) is 2.78. The lowest BCUT2D eigenvalue weighted by atomic mass is 10.1. The molecule has 3 nitrogen and oxygen atoms in total. The molecule has 0 spiro atoms. The first-order valence-corrected chi connectivity index (χ1v) is 6.04. The van der Waals surface area contributed by atoms with Gasteiger partial charge in [-0.1, -0.05) is 18.3 Å². The van der Waals surface area contributed by atoms with Crippen LogP contribution in [0.2, 0.25) is 0 Å². The predicted molar refractivity (Wildman–Crippen MR) is 78.3 cm³/mol. The monoisotopic (exact) mass is 258 g/mol. The highest BCUT2D eigenvalue weighted by Crippen LogP contribution is 2.14. The first-order valence-electron chi connectivity index (χ1n) is 5.63. The van der Waals surface area contributed by atoms with E-state index in [1.807, 2.05) is 26.0 Å². The molecule has 0 radical (unpaired) electrons. The van der Waals surface area contributed by atoms with Gasteiger partial charge in [0.25, 0.3) is 5.56 Å². The van der Waals surface area contributed by atoms with Crippen molar-refractivity contribution in [3.63, 3.8) is 0 Å². The van der Waals surface area contributed by atoms with Gasteiger partial charge in [0, 0.05) is 11.9 Å². The molecular formula is C14H14N2OS. The summed E-state index contributed by atoms with van der Waals surface area (Å²) >= 11 is 5.25. The molecular weight excluding hydrogens is 244 g/mol. The van der Waals surface area contributed by atoms with Crippen LogP contribution in [0, 0.1) is 13.8 Å². The fourth-order valence-electron chi connectivity index (χ4n) is 1.85. The van der Waals surface area contributed by atoms with E-state index in [4.69, 9.17) is 12.2 Å². The molecule has 0 amide bonds. The maximum atomic E-state index is 11.6. The van der Waals surface area contributed by atoms with Crippen LogP contribution in [-0.4, -0.2) is 9.97 Å². The minimum Gasteiger partial charge on any atom is -0.346 e. The molecule has 0 aliphatic heterocycles. The molecule has 0 unspecified atom stereocenters. The van der Waals surface area contributed by atoms with Crippen molar-refractivity contribution >= 4 is 22.9 Å². The van der Waals surface area contributed by atoms with Gasteiger partial charge in [0.05, 0.1) is 5.56 Å². The van der Waals surface area contributed by atoms with E-state index in [-0.39, 0.29) is 5.56 Å². The number of rotatable bonds is 2. The Morgan fingerprint density at radius 1 is 1.22 bits per heavy atom. The van der Waals surface area contributed by atoms with Crippen molar-refractivity contribution in [2.45, 2.75) is 13.8 Å². The van der Waals surface area contributed by atoms with Gasteiger partial charge in [-0.2, -0.15) is 0 Å². The fourth-order valence-corrected chi connectivity index (χ4v) is 2.12. The number of hydrogen-bond acceptors (Lipinski definition) is 2. The van der Waals surface area contributed by atoms with Crippen LogP contribution in [0.25, 0.3) is 0 Å². The van der Waals surface area contributed by atoms with Crippen LogP contribution < -0.4 is 10.9 Å². The zero-order valence-corrected chi connectivity index (χ0v) is 11.1. The van der Waals surface area contributed by atoms with E-state index in [2.05, 4.69) is 16.4 Å². The van der Waals surface area contributed by atoms with Crippen molar-refractivity contribution in [3.05, 3.63) is 63.6 Å². The maximum Gasteiger partial charge on any atom is 0.258 e. The lowest BCUT2D eigenvalue weighted by molar-refractivity contribution is 1.23. The number of nitrogens with one attached hydrogen (secondary N) is 2. The topological polar surface area (TPSA) is 44.9 Å². The van der Waals surface area contributed by atoms with Gasteiger partial charge >= 0.3 is 0 Å². The largest absolute Gasteiger partial charge is 0.346 e. The highest BCUT2D eigenvalue weighted by Gasteiger charge is 2.06. The Hall–Kier alpha value is -1.94. The first kappa shape index (κ1) is 12.5. The quantitative estimate of drug-likeness (QED) is 0.814. The minimum atomic E-state index is -0.181. The number of aromatic amines is 1. The SMILES string of the molecule is Cc1cc(C)cc(NC(=S)c2ccc[nH]c2=O)c1. The third-order valence-electron chi connectivity index (χ3n) is 2.54. The van der Waals surface area contributed by atoms with Crippen molar-refractivity contribution in [3.8, 4) is 0 Å². The summed E-state index contributed by atoms with van der Waals surface area (Å²) in [5, 5.41) is 3.09. The Morgan fingerprint density at radius 3 is 2.50 bits per heavy atom. The normalized spacial score (nSPS) is 10.1. The average Bonchev–Trinajstić information content (AvgIpc) is 2.27. The van der Waals surface area contributed by atoms with Gasteiger partial charge in [-0.25, -0.2) is 0 Å². The Balaban J connectivity index is 2.27. The zero-order chi connectivity index (χ0) is 13.1. The van der Waals surface area contributed by atoms with Crippen LogP contribution in [-0.2, 0) is 0 Å². The molecule has 1 aromatic heterocycles. The summed E-state index contributed by atoms with van der Waals surface area (Å²) in [4.78, 5) is 14.6. The molecule has 2 aromatic rings. The second-order valence-electron chi connectivity index (χ2n) is 4.24. The van der Waals surface area contributed by atoms with Gasteiger partial charge in [-0.15, -0.1) is 0 Å². The summed E-state index contributed by atoms with van der Waals surface area (Å²) in [5.41, 5.74) is 3.51. The lowest BCUT2D eigenvalue weighted by Gasteiger charge is -2.09. The Bertz CT molecular complexity index is 626. The fraction of sp³-hybridized carbons (Fsp3) is 0.143. The number of anilines is 1. The molecule has 0 fully saturated rings. The molecule has 0 bridgehead atoms. The summed E-state index contributed by atoms with van der Waals surface area (Å²) < 4.78 is 0. The second kappa shape index (κ2) is 5.14. The molecule has 0 saturated heterocycles. The number of H-pyrrole nitrogens is 1. The highest BCUT2D eigenvalue weighted by molar-refractivity contribution is 7.81. The number of pyridine rings is 1. The molecule has 0 aliphatic rings. The number of benzene rings is 1. The van der Waals surface area contributed by atoms with E-state index in [1.165, 1.54) is 0 Å². The molecule has 18 heavy (non-hydrogen) atoms. The third kappa shape index (κ3) is 2.84. The summed E-state index contributed by atoms with van der Waals surface area (Å²) in [5.74, 6) is 0. The van der Waals surface area contributed by atoms with Crippen LogP contribution in [0.3, 0.4) is 0 Å². The standard InChI is InChI=1S/C14H14N2OS/c1-9-6-10(2)8-11(7-9)16-14(18)12-4-3-5-15-13(12)17/h3-8H,1-2H3,(H,15,17)(H,16,18). The molecule has 2 N–H and O–H groups in total. The van der Waals surface area contributed by atoms with E-state index in [0.29, 0.717) is 10.6 Å². The molecule has 0 saturated carbocycles. The number of thiocarbonyl (C=S) groups is 1. The van der Waals surface area contributed by atoms with Crippen LogP contribution in [0.5, 0.6) is 0 Å². The van der Waals surface area contributed by atoms with Crippen LogP contribution in [0.15, 0.2) is 41.3 Å². The van der Waals surface area contributed by atoms with Crippen LogP contribution in [0.4, 0.5) is 5.69 Å². The number of aromatic nitrogens is 1. The van der Waals surface area contributed by atoms with Gasteiger partial charge in [0.1, 0.15) is 4.99 Å². The van der Waals surface area contributed by atoms with Crippen LogP contribution >= 0.6 is 12.2 Å². The Kier molecular flexibility index (Phi) is 3.58.